The Morgan fingerprint density at radius 2 is 1.40 bits per heavy atom. The molecule has 0 bridgehead atoms. The van der Waals surface area contributed by atoms with Gasteiger partial charge in [-0.2, -0.15) is 0 Å². The van der Waals surface area contributed by atoms with Gasteiger partial charge >= 0.3 is 0 Å². The fraction of sp³-hybridized carbons (Fsp3) is 0.121. The summed E-state index contributed by atoms with van der Waals surface area (Å²) in [5.41, 5.74) is 2.01. The molecule has 0 atom stereocenters. The number of carbonyl (C=O) groups is 3. The van der Waals surface area contributed by atoms with Gasteiger partial charge in [0.05, 0.1) is 27.1 Å². The summed E-state index contributed by atoms with van der Waals surface area (Å²) in [6.45, 7) is 0. The second kappa shape index (κ2) is 15.1. The van der Waals surface area contributed by atoms with Crippen LogP contribution in [0.15, 0.2) is 106 Å². The lowest BCUT2D eigenvalue weighted by atomic mass is 10.1. The number of carbonyl (C=O) groups excluding carboxylic acids is 3. The molecule has 0 radical (unpaired) electrons. The topological polar surface area (TPSA) is 103 Å². The van der Waals surface area contributed by atoms with Crippen LogP contribution in [0.4, 0.5) is 5.69 Å². The summed E-state index contributed by atoms with van der Waals surface area (Å²) in [4.78, 5) is 39.9. The maximum absolute atomic E-state index is 13.5. The normalized spacial score (nSPS) is 10.9. The van der Waals surface area contributed by atoms with E-state index in [2.05, 4.69) is 26.6 Å². The number of thioether (sulfide) groups is 1. The van der Waals surface area contributed by atoms with Crippen molar-refractivity contribution < 1.29 is 28.6 Å². The highest BCUT2D eigenvalue weighted by atomic mass is 79.9. The molecular weight excluding hydrogens is 632 g/mol. The van der Waals surface area contributed by atoms with E-state index < -0.39 is 11.8 Å². The molecule has 0 saturated heterocycles. The Bertz CT molecular complexity index is 1620. The monoisotopic (exact) mass is 660 g/mol. The maximum atomic E-state index is 13.5. The van der Waals surface area contributed by atoms with E-state index in [0.29, 0.717) is 39.6 Å². The van der Waals surface area contributed by atoms with Gasteiger partial charge in [-0.05, 0) is 60.7 Å². The lowest BCUT2D eigenvalue weighted by Crippen LogP contribution is -2.30. The first-order valence-electron chi connectivity index (χ1n) is 13.0. The highest BCUT2D eigenvalue weighted by molar-refractivity contribution is 9.10. The number of ketones is 1. The Balaban J connectivity index is 1.54. The SMILES string of the molecule is COc1cc(OC)c(OC)cc1/C=C(\NC(=O)c1ccccc1)C(=O)Nc1ccc(SCC(=O)c2ccc(Br)cc2)cc1. The Morgan fingerprint density at radius 3 is 2.02 bits per heavy atom. The van der Waals surface area contributed by atoms with Gasteiger partial charge in [-0.3, -0.25) is 14.4 Å². The molecule has 0 aromatic heterocycles. The van der Waals surface area contributed by atoms with E-state index >= 15 is 0 Å². The van der Waals surface area contributed by atoms with Crippen molar-refractivity contribution in [3.05, 3.63) is 118 Å². The third-order valence-electron chi connectivity index (χ3n) is 6.21. The van der Waals surface area contributed by atoms with Gasteiger partial charge in [0.15, 0.2) is 17.3 Å². The van der Waals surface area contributed by atoms with Crippen molar-refractivity contribution >= 4 is 57.1 Å². The maximum Gasteiger partial charge on any atom is 0.272 e. The van der Waals surface area contributed by atoms with Crippen molar-refractivity contribution in [2.75, 3.05) is 32.4 Å². The van der Waals surface area contributed by atoms with Gasteiger partial charge in [-0.25, -0.2) is 0 Å². The molecule has 0 saturated carbocycles. The first kappa shape index (κ1) is 31.4. The molecule has 0 fully saturated rings. The van der Waals surface area contributed by atoms with Gasteiger partial charge in [0, 0.05) is 37.8 Å². The van der Waals surface area contributed by atoms with Crippen molar-refractivity contribution in [2.45, 2.75) is 4.90 Å². The molecule has 0 heterocycles. The molecule has 2 amide bonds. The van der Waals surface area contributed by atoms with Crippen LogP contribution < -0.4 is 24.8 Å². The predicted molar refractivity (Wildman–Crippen MR) is 172 cm³/mol. The van der Waals surface area contributed by atoms with Gasteiger partial charge in [0.2, 0.25) is 0 Å². The Kier molecular flexibility index (Phi) is 11.0. The zero-order chi connectivity index (χ0) is 30.8. The van der Waals surface area contributed by atoms with Crippen molar-refractivity contribution in [3.63, 3.8) is 0 Å². The van der Waals surface area contributed by atoms with E-state index in [-0.39, 0.29) is 17.2 Å². The number of benzene rings is 4. The fourth-order valence-corrected chi connectivity index (χ4v) is 5.02. The number of halogens is 1. The molecule has 8 nitrogen and oxygen atoms in total. The van der Waals surface area contributed by atoms with Crippen molar-refractivity contribution in [1.82, 2.24) is 5.32 Å². The quantitative estimate of drug-likeness (QED) is 0.0972. The average Bonchev–Trinajstić information content (AvgIpc) is 3.04. The van der Waals surface area contributed by atoms with Crippen molar-refractivity contribution in [2.24, 2.45) is 0 Å². The number of methoxy groups -OCH3 is 3. The van der Waals surface area contributed by atoms with Crippen molar-refractivity contribution in [1.29, 1.82) is 0 Å². The Morgan fingerprint density at radius 1 is 0.767 bits per heavy atom. The lowest BCUT2D eigenvalue weighted by Gasteiger charge is -2.15. The second-order valence-electron chi connectivity index (χ2n) is 9.02. The molecule has 0 aliphatic heterocycles. The number of rotatable bonds is 12. The van der Waals surface area contributed by atoms with Gasteiger partial charge in [-0.1, -0.05) is 46.3 Å². The van der Waals surface area contributed by atoms with E-state index in [4.69, 9.17) is 14.2 Å². The second-order valence-corrected chi connectivity index (χ2v) is 11.0. The molecular formula is C33H29BrN2O6S. The summed E-state index contributed by atoms with van der Waals surface area (Å²) < 4.78 is 17.2. The van der Waals surface area contributed by atoms with Crippen LogP contribution in [-0.2, 0) is 4.79 Å². The number of anilines is 1. The lowest BCUT2D eigenvalue weighted by molar-refractivity contribution is -0.113. The molecule has 0 aliphatic carbocycles. The van der Waals surface area contributed by atoms with Gasteiger partial charge < -0.3 is 24.8 Å². The molecule has 4 rings (SSSR count). The number of Topliss-reactive ketones (excluding diaryl/α,β-unsaturated/α-hetero) is 1. The first-order chi connectivity index (χ1) is 20.8. The van der Waals surface area contributed by atoms with Gasteiger partial charge in [0.25, 0.3) is 11.8 Å². The number of amides is 2. The van der Waals surface area contributed by atoms with E-state index in [1.165, 1.54) is 39.2 Å². The minimum atomic E-state index is -0.549. The number of ether oxygens (including phenoxy) is 3. The third kappa shape index (κ3) is 8.50. The molecule has 2 N–H and O–H groups in total. The van der Waals surface area contributed by atoms with Gasteiger partial charge in [0.1, 0.15) is 11.4 Å². The van der Waals surface area contributed by atoms with Crippen LogP contribution in [0.2, 0.25) is 0 Å². The van der Waals surface area contributed by atoms with Crippen LogP contribution in [0.5, 0.6) is 17.2 Å². The summed E-state index contributed by atoms with van der Waals surface area (Å²) in [6, 6.07) is 26.2. The first-order valence-corrected chi connectivity index (χ1v) is 14.8. The average molecular weight is 662 g/mol. The van der Waals surface area contributed by atoms with Crippen LogP contribution in [0, 0.1) is 0 Å². The number of hydrogen-bond acceptors (Lipinski definition) is 7. The molecule has 0 unspecified atom stereocenters. The zero-order valence-corrected chi connectivity index (χ0v) is 26.1. The summed E-state index contributed by atoms with van der Waals surface area (Å²) in [7, 11) is 4.50. The van der Waals surface area contributed by atoms with E-state index in [0.717, 1.165) is 9.37 Å². The van der Waals surface area contributed by atoms with Crippen LogP contribution in [0.1, 0.15) is 26.3 Å². The summed E-state index contributed by atoms with van der Waals surface area (Å²) in [5.74, 6) is 0.581. The fourth-order valence-electron chi connectivity index (χ4n) is 3.96. The molecule has 4 aromatic rings. The molecule has 0 spiro atoms. The van der Waals surface area contributed by atoms with E-state index in [1.807, 2.05) is 24.3 Å². The zero-order valence-electron chi connectivity index (χ0n) is 23.7. The van der Waals surface area contributed by atoms with Crippen LogP contribution in [0.25, 0.3) is 6.08 Å². The summed E-state index contributed by atoms with van der Waals surface area (Å²) in [6.07, 6.45) is 1.51. The molecule has 220 valence electrons. The van der Waals surface area contributed by atoms with Crippen LogP contribution >= 0.6 is 27.7 Å². The van der Waals surface area contributed by atoms with Gasteiger partial charge in [-0.15, -0.1) is 11.8 Å². The minimum absolute atomic E-state index is 0.0158. The molecule has 43 heavy (non-hydrogen) atoms. The number of nitrogens with one attached hydrogen (secondary N) is 2. The molecule has 0 aliphatic rings. The van der Waals surface area contributed by atoms with Crippen LogP contribution in [-0.4, -0.2) is 44.7 Å². The minimum Gasteiger partial charge on any atom is -0.496 e. The highest BCUT2D eigenvalue weighted by Gasteiger charge is 2.18. The summed E-state index contributed by atoms with van der Waals surface area (Å²) in [5, 5.41) is 5.55. The smallest absolute Gasteiger partial charge is 0.272 e. The van der Waals surface area contributed by atoms with E-state index in [1.54, 1.807) is 66.7 Å². The summed E-state index contributed by atoms with van der Waals surface area (Å²) >= 11 is 4.77. The highest BCUT2D eigenvalue weighted by Crippen LogP contribution is 2.35. The van der Waals surface area contributed by atoms with Crippen LogP contribution in [0.3, 0.4) is 0 Å². The molecule has 4 aromatic carbocycles. The third-order valence-corrected chi connectivity index (χ3v) is 7.75. The predicted octanol–water partition coefficient (Wildman–Crippen LogP) is 6.86. The Labute approximate surface area is 262 Å². The van der Waals surface area contributed by atoms with E-state index in [9.17, 15) is 14.4 Å². The van der Waals surface area contributed by atoms with Crippen molar-refractivity contribution in [3.8, 4) is 17.2 Å². The molecule has 10 heteroatoms. The Hall–Kier alpha value is -4.54. The standard InChI is InChI=1S/C33H29BrN2O6S/c1-40-29-19-31(42-3)30(41-2)18-23(29)17-27(36-32(38)22-7-5-4-6-8-22)33(39)35-25-13-15-26(16-14-25)43-20-28(37)21-9-11-24(34)12-10-21/h4-19H,20H2,1-3H3,(H,35,39)(H,36,38)/b27-17-. The largest absolute Gasteiger partial charge is 0.496 e. The number of hydrogen-bond donors (Lipinski definition) is 2.